The van der Waals surface area contributed by atoms with Crippen LogP contribution in [-0.2, 0) is 11.2 Å². The molecule has 2 aromatic rings. The summed E-state index contributed by atoms with van der Waals surface area (Å²) in [6.45, 7) is 2.02. The predicted molar refractivity (Wildman–Crippen MR) is 84.9 cm³/mol. The molecule has 1 aliphatic rings. The number of morpholine rings is 1. The zero-order valence-electron chi connectivity index (χ0n) is 13.0. The standard InChI is InChI=1S/C18H16FN3O2/c19-15-8-14(18-11-21-5-6-24-18)2-1-13(15)9-17(23)16-7-12(10-20)3-4-22-16/h1-4,7-8,18,21H,5-6,9,11H2/t18-/m1/s1. The lowest BCUT2D eigenvalue weighted by atomic mass is 10.0. The molecule has 0 spiro atoms. The highest BCUT2D eigenvalue weighted by atomic mass is 19.1. The fourth-order valence-electron chi connectivity index (χ4n) is 2.60. The summed E-state index contributed by atoms with van der Waals surface area (Å²) in [5, 5.41) is 12.1. The number of carbonyl (C=O) groups is 1. The van der Waals surface area contributed by atoms with Crippen LogP contribution in [-0.4, -0.2) is 30.5 Å². The van der Waals surface area contributed by atoms with E-state index in [9.17, 15) is 9.18 Å². The molecule has 122 valence electrons. The quantitative estimate of drug-likeness (QED) is 0.872. The summed E-state index contributed by atoms with van der Waals surface area (Å²) in [5.74, 6) is -0.763. The summed E-state index contributed by atoms with van der Waals surface area (Å²) < 4.78 is 19.9. The van der Waals surface area contributed by atoms with E-state index >= 15 is 0 Å². The van der Waals surface area contributed by atoms with Gasteiger partial charge in [-0.05, 0) is 29.3 Å². The fourth-order valence-corrected chi connectivity index (χ4v) is 2.60. The third-order valence-corrected chi connectivity index (χ3v) is 3.90. The molecule has 0 bridgehead atoms. The van der Waals surface area contributed by atoms with Crippen LogP contribution >= 0.6 is 0 Å². The van der Waals surface area contributed by atoms with Crippen LogP contribution in [0, 0.1) is 17.1 Å². The number of halogens is 1. The maximum atomic E-state index is 14.3. The number of nitriles is 1. The smallest absolute Gasteiger partial charge is 0.185 e. The Balaban J connectivity index is 1.75. The number of ether oxygens (including phenoxy) is 1. The van der Waals surface area contributed by atoms with E-state index in [0.29, 0.717) is 24.3 Å². The maximum absolute atomic E-state index is 14.3. The molecule has 2 heterocycles. The number of hydrogen-bond acceptors (Lipinski definition) is 5. The molecule has 3 rings (SSSR count). The van der Waals surface area contributed by atoms with Gasteiger partial charge in [0.1, 0.15) is 11.5 Å². The van der Waals surface area contributed by atoms with Gasteiger partial charge in [-0.25, -0.2) is 4.39 Å². The van der Waals surface area contributed by atoms with Crippen molar-refractivity contribution in [3.05, 3.63) is 64.7 Å². The summed E-state index contributed by atoms with van der Waals surface area (Å²) in [4.78, 5) is 16.2. The van der Waals surface area contributed by atoms with E-state index in [1.54, 1.807) is 12.1 Å². The zero-order valence-corrected chi connectivity index (χ0v) is 13.0. The van der Waals surface area contributed by atoms with Crippen LogP contribution < -0.4 is 5.32 Å². The molecule has 5 nitrogen and oxygen atoms in total. The predicted octanol–water partition coefficient (Wildman–Crippen LogP) is 2.18. The van der Waals surface area contributed by atoms with Crippen molar-refractivity contribution in [1.82, 2.24) is 10.3 Å². The number of nitrogens with zero attached hydrogens (tertiary/aromatic N) is 2. The molecule has 24 heavy (non-hydrogen) atoms. The third-order valence-electron chi connectivity index (χ3n) is 3.90. The van der Waals surface area contributed by atoms with Crippen molar-refractivity contribution in [3.63, 3.8) is 0 Å². The molecule has 0 unspecified atom stereocenters. The van der Waals surface area contributed by atoms with E-state index in [1.807, 2.05) is 6.07 Å². The molecule has 1 N–H and O–H groups in total. The number of carbonyl (C=O) groups excluding carboxylic acids is 1. The van der Waals surface area contributed by atoms with Crippen molar-refractivity contribution < 1.29 is 13.9 Å². The normalized spacial score (nSPS) is 17.2. The first-order chi connectivity index (χ1) is 11.7. The lowest BCUT2D eigenvalue weighted by molar-refractivity contribution is 0.0275. The van der Waals surface area contributed by atoms with Gasteiger partial charge in [0.2, 0.25) is 0 Å². The SMILES string of the molecule is N#Cc1ccnc(C(=O)Cc2ccc([C@H]3CNCCO3)cc2F)c1. The Morgan fingerprint density at radius 3 is 3.00 bits per heavy atom. The molecule has 6 heteroatoms. The van der Waals surface area contributed by atoms with E-state index in [2.05, 4.69) is 10.3 Å². The molecular weight excluding hydrogens is 309 g/mol. The summed E-state index contributed by atoms with van der Waals surface area (Å²) in [7, 11) is 0. The Hall–Kier alpha value is -2.62. The van der Waals surface area contributed by atoms with E-state index in [-0.39, 0.29) is 24.0 Å². The number of rotatable bonds is 4. The molecule has 1 aliphatic heterocycles. The minimum Gasteiger partial charge on any atom is -0.371 e. The highest BCUT2D eigenvalue weighted by Crippen LogP contribution is 2.22. The molecular formula is C18H16FN3O2. The van der Waals surface area contributed by atoms with E-state index in [4.69, 9.17) is 10.00 Å². The van der Waals surface area contributed by atoms with Crippen molar-refractivity contribution in [3.8, 4) is 6.07 Å². The van der Waals surface area contributed by atoms with Gasteiger partial charge in [-0.1, -0.05) is 12.1 Å². The zero-order chi connectivity index (χ0) is 16.9. The van der Waals surface area contributed by atoms with Crippen LogP contribution in [0.25, 0.3) is 0 Å². The van der Waals surface area contributed by atoms with Crippen molar-refractivity contribution >= 4 is 5.78 Å². The van der Waals surface area contributed by atoms with Gasteiger partial charge in [0.15, 0.2) is 5.78 Å². The Bertz CT molecular complexity index is 795. The van der Waals surface area contributed by atoms with Crippen LogP contribution in [0.2, 0.25) is 0 Å². The Morgan fingerprint density at radius 2 is 2.29 bits per heavy atom. The summed E-state index contributed by atoms with van der Waals surface area (Å²) in [6.07, 6.45) is 1.13. The third kappa shape index (κ3) is 3.65. The molecule has 1 atom stereocenters. The van der Waals surface area contributed by atoms with Crippen LogP contribution in [0.3, 0.4) is 0 Å². The second-order valence-electron chi connectivity index (χ2n) is 5.56. The first-order valence-corrected chi connectivity index (χ1v) is 7.67. The van der Waals surface area contributed by atoms with Crippen molar-refractivity contribution in [2.75, 3.05) is 19.7 Å². The van der Waals surface area contributed by atoms with Crippen LogP contribution in [0.5, 0.6) is 0 Å². The lowest BCUT2D eigenvalue weighted by Crippen LogP contribution is -2.33. The average Bonchev–Trinajstić information content (AvgIpc) is 2.64. The van der Waals surface area contributed by atoms with Gasteiger partial charge in [0.05, 0.1) is 24.3 Å². The minimum absolute atomic E-state index is 0.0994. The summed E-state index contributed by atoms with van der Waals surface area (Å²) >= 11 is 0. The number of nitrogens with one attached hydrogen (secondary N) is 1. The second kappa shape index (κ2) is 7.30. The highest BCUT2D eigenvalue weighted by molar-refractivity contribution is 5.96. The van der Waals surface area contributed by atoms with E-state index < -0.39 is 5.82 Å². The molecule has 1 fully saturated rings. The molecule has 0 radical (unpaired) electrons. The second-order valence-corrected chi connectivity index (χ2v) is 5.56. The first-order valence-electron chi connectivity index (χ1n) is 7.67. The van der Waals surface area contributed by atoms with Gasteiger partial charge in [0, 0.05) is 25.7 Å². The highest BCUT2D eigenvalue weighted by Gasteiger charge is 2.18. The number of benzene rings is 1. The first kappa shape index (κ1) is 16.2. The topological polar surface area (TPSA) is 75.0 Å². The van der Waals surface area contributed by atoms with Gasteiger partial charge >= 0.3 is 0 Å². The summed E-state index contributed by atoms with van der Waals surface area (Å²) in [6, 6.07) is 9.69. The Labute approximate surface area is 139 Å². The van der Waals surface area contributed by atoms with E-state index in [1.165, 1.54) is 24.4 Å². The maximum Gasteiger partial charge on any atom is 0.185 e. The Kier molecular flexibility index (Phi) is 4.94. The molecule has 0 saturated carbocycles. The van der Waals surface area contributed by atoms with Gasteiger partial charge < -0.3 is 10.1 Å². The number of pyridine rings is 1. The summed E-state index contributed by atoms with van der Waals surface area (Å²) in [5.41, 5.74) is 1.57. The van der Waals surface area contributed by atoms with E-state index in [0.717, 1.165) is 12.1 Å². The van der Waals surface area contributed by atoms with Gasteiger partial charge in [-0.15, -0.1) is 0 Å². The van der Waals surface area contributed by atoms with Gasteiger partial charge in [0.25, 0.3) is 0 Å². The fraction of sp³-hybridized carbons (Fsp3) is 0.278. The number of aromatic nitrogens is 1. The van der Waals surface area contributed by atoms with Crippen LogP contribution in [0.4, 0.5) is 4.39 Å². The largest absolute Gasteiger partial charge is 0.371 e. The van der Waals surface area contributed by atoms with Crippen molar-refractivity contribution in [1.29, 1.82) is 5.26 Å². The molecule has 0 aliphatic carbocycles. The number of ketones is 1. The van der Waals surface area contributed by atoms with Crippen molar-refractivity contribution in [2.24, 2.45) is 0 Å². The molecule has 0 amide bonds. The molecule has 1 saturated heterocycles. The molecule has 1 aromatic carbocycles. The van der Waals surface area contributed by atoms with Crippen LogP contribution in [0.1, 0.15) is 33.3 Å². The lowest BCUT2D eigenvalue weighted by Gasteiger charge is -2.24. The van der Waals surface area contributed by atoms with Crippen LogP contribution in [0.15, 0.2) is 36.5 Å². The average molecular weight is 325 g/mol. The monoisotopic (exact) mass is 325 g/mol. The molecule has 1 aromatic heterocycles. The number of Topliss-reactive ketones (excluding diaryl/α,β-unsaturated/α-hetero) is 1. The minimum atomic E-state index is -0.438. The van der Waals surface area contributed by atoms with Gasteiger partial charge in [-0.2, -0.15) is 5.26 Å². The number of hydrogen-bond donors (Lipinski definition) is 1. The Morgan fingerprint density at radius 1 is 1.42 bits per heavy atom. The van der Waals surface area contributed by atoms with Crippen molar-refractivity contribution in [2.45, 2.75) is 12.5 Å². The van der Waals surface area contributed by atoms with Gasteiger partial charge in [-0.3, -0.25) is 9.78 Å².